The Labute approximate surface area is 104 Å². The zero-order valence-corrected chi connectivity index (χ0v) is 10.6. The lowest BCUT2D eigenvalue weighted by Gasteiger charge is -2.19. The van der Waals surface area contributed by atoms with Gasteiger partial charge in [0.15, 0.2) is 11.7 Å². The molecule has 1 rings (SSSR count). The molecule has 18 heavy (non-hydrogen) atoms. The van der Waals surface area contributed by atoms with Crippen LogP contribution in [0.15, 0.2) is 17.1 Å². The van der Waals surface area contributed by atoms with Crippen LogP contribution in [0.5, 0.6) is 0 Å². The van der Waals surface area contributed by atoms with Crippen molar-refractivity contribution in [1.29, 1.82) is 0 Å². The minimum atomic E-state index is -0.571. The van der Waals surface area contributed by atoms with Gasteiger partial charge in [-0.05, 0) is 20.8 Å². The van der Waals surface area contributed by atoms with E-state index in [4.69, 9.17) is 4.74 Å². The van der Waals surface area contributed by atoms with Crippen LogP contribution in [0.4, 0.5) is 4.79 Å². The number of aromatic amines is 1. The molecule has 0 radical (unpaired) electrons. The number of carbonyl (C=O) groups is 2. The van der Waals surface area contributed by atoms with Crippen molar-refractivity contribution in [2.24, 2.45) is 0 Å². The van der Waals surface area contributed by atoms with Gasteiger partial charge in [-0.3, -0.25) is 9.59 Å². The molecule has 0 aliphatic heterocycles. The van der Waals surface area contributed by atoms with Gasteiger partial charge in [0.25, 0.3) is 0 Å². The number of carbonyl (C=O) groups excluding carboxylic acids is 2. The van der Waals surface area contributed by atoms with Crippen LogP contribution in [-0.4, -0.2) is 23.0 Å². The number of H-pyrrole nitrogens is 1. The first kappa shape index (κ1) is 14.0. The van der Waals surface area contributed by atoms with Crippen LogP contribution < -0.4 is 10.7 Å². The van der Waals surface area contributed by atoms with Crippen molar-refractivity contribution in [3.05, 3.63) is 33.7 Å². The molecule has 1 amide bonds. The molecule has 0 unspecified atom stereocenters. The first-order valence-corrected chi connectivity index (χ1v) is 5.45. The molecule has 0 aliphatic rings. The van der Waals surface area contributed by atoms with Crippen molar-refractivity contribution in [3.63, 3.8) is 0 Å². The zero-order chi connectivity index (χ0) is 13.8. The molecule has 1 aromatic rings. The van der Waals surface area contributed by atoms with Gasteiger partial charge in [-0.1, -0.05) is 0 Å². The lowest BCUT2D eigenvalue weighted by molar-refractivity contribution is 0.0522. The first-order chi connectivity index (χ1) is 8.31. The fourth-order valence-electron chi connectivity index (χ4n) is 1.20. The minimum absolute atomic E-state index is 0.0519. The molecule has 0 aliphatic carbocycles. The van der Waals surface area contributed by atoms with Gasteiger partial charge in [-0.2, -0.15) is 0 Å². The van der Waals surface area contributed by atoms with Gasteiger partial charge in [0, 0.05) is 18.0 Å². The van der Waals surface area contributed by atoms with E-state index in [2.05, 4.69) is 10.3 Å². The Morgan fingerprint density at radius 3 is 2.67 bits per heavy atom. The number of aromatic nitrogens is 1. The third kappa shape index (κ3) is 4.40. The molecule has 6 heteroatoms. The largest absolute Gasteiger partial charge is 0.444 e. The number of pyridine rings is 1. The van der Waals surface area contributed by atoms with Crippen LogP contribution >= 0.6 is 0 Å². The second-order valence-electron chi connectivity index (χ2n) is 4.75. The van der Waals surface area contributed by atoms with Crippen molar-refractivity contribution >= 4 is 12.4 Å². The number of hydrogen-bond acceptors (Lipinski definition) is 4. The van der Waals surface area contributed by atoms with Crippen molar-refractivity contribution in [2.45, 2.75) is 32.9 Å². The summed E-state index contributed by atoms with van der Waals surface area (Å²) in [5, 5.41) is 2.50. The van der Waals surface area contributed by atoms with Gasteiger partial charge in [0.1, 0.15) is 5.60 Å². The molecule has 0 fully saturated rings. The van der Waals surface area contributed by atoms with Gasteiger partial charge in [0.05, 0.1) is 12.1 Å². The normalized spacial score (nSPS) is 10.8. The molecule has 1 heterocycles. The van der Waals surface area contributed by atoms with Crippen molar-refractivity contribution in [2.75, 3.05) is 0 Å². The molecule has 0 atom stereocenters. The average Bonchev–Trinajstić information content (AvgIpc) is 2.24. The summed E-state index contributed by atoms with van der Waals surface area (Å²) in [5.74, 6) is 0. The topological polar surface area (TPSA) is 88.3 Å². The molecule has 0 saturated heterocycles. The van der Waals surface area contributed by atoms with E-state index in [0.29, 0.717) is 12.0 Å². The maximum atomic E-state index is 11.4. The number of alkyl carbamates (subject to hydrolysis) is 1. The quantitative estimate of drug-likeness (QED) is 0.791. The molecule has 2 N–H and O–H groups in total. The van der Waals surface area contributed by atoms with E-state index in [-0.39, 0.29) is 17.5 Å². The standard InChI is InChI=1S/C12H16N2O4/c1-12(2,3)18-11(17)14-6-9-4-10(16)8(7-15)5-13-9/h4-5,7H,6H2,1-3H3,(H,13,16)(H,14,17). The average molecular weight is 252 g/mol. The maximum Gasteiger partial charge on any atom is 0.407 e. The number of nitrogens with one attached hydrogen (secondary N) is 2. The predicted molar refractivity (Wildman–Crippen MR) is 65.5 cm³/mol. The van der Waals surface area contributed by atoms with Gasteiger partial charge >= 0.3 is 6.09 Å². The Morgan fingerprint density at radius 2 is 2.17 bits per heavy atom. The van der Waals surface area contributed by atoms with E-state index in [1.165, 1.54) is 12.3 Å². The summed E-state index contributed by atoms with van der Waals surface area (Å²) in [4.78, 5) is 35.9. The fraction of sp³-hybridized carbons (Fsp3) is 0.417. The summed E-state index contributed by atoms with van der Waals surface area (Å²) in [5.41, 5.74) is -0.406. The summed E-state index contributed by atoms with van der Waals surface area (Å²) in [6, 6.07) is 1.26. The van der Waals surface area contributed by atoms with Crippen LogP contribution in [-0.2, 0) is 11.3 Å². The van der Waals surface area contributed by atoms with Gasteiger partial charge in [-0.15, -0.1) is 0 Å². The number of ether oxygens (including phenoxy) is 1. The van der Waals surface area contributed by atoms with Crippen molar-refractivity contribution in [1.82, 2.24) is 10.3 Å². The minimum Gasteiger partial charge on any atom is -0.444 e. The van der Waals surface area contributed by atoms with Crippen LogP contribution in [0.25, 0.3) is 0 Å². The summed E-state index contributed by atoms with van der Waals surface area (Å²) in [7, 11) is 0. The van der Waals surface area contributed by atoms with E-state index < -0.39 is 11.7 Å². The van der Waals surface area contributed by atoms with Gasteiger partial charge in [-0.25, -0.2) is 4.79 Å². The number of hydrogen-bond donors (Lipinski definition) is 2. The summed E-state index contributed by atoms with van der Waals surface area (Å²) < 4.78 is 5.04. The molecular weight excluding hydrogens is 236 g/mol. The number of aldehydes is 1. The van der Waals surface area contributed by atoms with E-state index in [9.17, 15) is 14.4 Å². The Hall–Kier alpha value is -2.11. The van der Waals surface area contributed by atoms with Gasteiger partial charge in [0.2, 0.25) is 0 Å². The Balaban J connectivity index is 2.59. The SMILES string of the molecule is CC(C)(C)OC(=O)NCc1cc(=O)c(C=O)c[nH]1. The molecule has 0 saturated carbocycles. The van der Waals surface area contributed by atoms with E-state index in [1.807, 2.05) is 0 Å². The highest BCUT2D eigenvalue weighted by atomic mass is 16.6. The van der Waals surface area contributed by atoms with Crippen molar-refractivity contribution < 1.29 is 14.3 Å². The molecule has 0 spiro atoms. The van der Waals surface area contributed by atoms with Crippen LogP contribution in [0.2, 0.25) is 0 Å². The highest BCUT2D eigenvalue weighted by Gasteiger charge is 2.15. The lowest BCUT2D eigenvalue weighted by Crippen LogP contribution is -2.32. The summed E-state index contributed by atoms with van der Waals surface area (Å²) >= 11 is 0. The Morgan fingerprint density at radius 1 is 1.50 bits per heavy atom. The molecule has 0 aromatic carbocycles. The molecule has 0 bridgehead atoms. The maximum absolute atomic E-state index is 11.4. The number of rotatable bonds is 3. The van der Waals surface area contributed by atoms with E-state index in [1.54, 1.807) is 20.8 Å². The molecule has 1 aromatic heterocycles. The Kier molecular flexibility index (Phi) is 4.25. The molecule has 98 valence electrons. The van der Waals surface area contributed by atoms with Crippen LogP contribution in [0.1, 0.15) is 36.8 Å². The molecule has 6 nitrogen and oxygen atoms in total. The smallest absolute Gasteiger partial charge is 0.407 e. The summed E-state index contributed by atoms with van der Waals surface area (Å²) in [6.45, 7) is 5.40. The highest BCUT2D eigenvalue weighted by Crippen LogP contribution is 2.06. The predicted octanol–water partition coefficient (Wildman–Crippen LogP) is 1.21. The Bertz CT molecular complexity index is 500. The highest BCUT2D eigenvalue weighted by molar-refractivity contribution is 5.73. The lowest BCUT2D eigenvalue weighted by atomic mass is 10.2. The van der Waals surface area contributed by atoms with E-state index in [0.717, 1.165) is 0 Å². The third-order valence-electron chi connectivity index (χ3n) is 1.95. The third-order valence-corrected chi connectivity index (χ3v) is 1.95. The fourth-order valence-corrected chi connectivity index (χ4v) is 1.20. The van der Waals surface area contributed by atoms with E-state index >= 15 is 0 Å². The number of amides is 1. The second-order valence-corrected chi connectivity index (χ2v) is 4.75. The monoisotopic (exact) mass is 252 g/mol. The van der Waals surface area contributed by atoms with Crippen molar-refractivity contribution in [3.8, 4) is 0 Å². The first-order valence-electron chi connectivity index (χ1n) is 5.45. The summed E-state index contributed by atoms with van der Waals surface area (Å²) in [6.07, 6.45) is 1.22. The second kappa shape index (κ2) is 5.48. The van der Waals surface area contributed by atoms with Gasteiger partial charge < -0.3 is 15.0 Å². The van der Waals surface area contributed by atoms with Crippen LogP contribution in [0.3, 0.4) is 0 Å². The molecular formula is C12H16N2O4. The zero-order valence-electron chi connectivity index (χ0n) is 10.6. The van der Waals surface area contributed by atoms with Crippen LogP contribution in [0, 0.1) is 0 Å².